The van der Waals surface area contributed by atoms with E-state index in [1.165, 1.54) is 27.8 Å². The van der Waals surface area contributed by atoms with E-state index in [1.807, 2.05) is 0 Å². The lowest BCUT2D eigenvalue weighted by Crippen LogP contribution is -2.67. The number of likely N-dealkylation sites (N-methyl/N-ethyl adjacent to an activating group) is 1. The maximum atomic E-state index is 11.8. The van der Waals surface area contributed by atoms with E-state index in [9.17, 15) is 81.7 Å². The summed E-state index contributed by atoms with van der Waals surface area (Å²) in [7, 11) is 1.53. The highest BCUT2D eigenvalue weighted by atomic mass is 16.8. The fourth-order valence-corrected chi connectivity index (χ4v) is 11.4. The van der Waals surface area contributed by atoms with Gasteiger partial charge < -0.3 is 153 Å². The molecule has 21 aliphatic rings. The van der Waals surface area contributed by atoms with E-state index >= 15 is 0 Å². The Morgan fingerprint density at radius 3 is 0.731 bits per heavy atom. The molecule has 78 heavy (non-hydrogen) atoms. The molecule has 0 aliphatic carbocycles. The molecule has 454 valence electrons. The van der Waals surface area contributed by atoms with Crippen molar-refractivity contribution >= 4 is 0 Å². The van der Waals surface area contributed by atoms with Gasteiger partial charge in [0.15, 0.2) is 44.0 Å². The third-order valence-corrected chi connectivity index (χ3v) is 16.2. The Morgan fingerprint density at radius 1 is 0.269 bits per heavy atom. The molecule has 0 radical (unpaired) electrons. The molecule has 21 aliphatic heterocycles. The molecule has 31 heteroatoms. The summed E-state index contributed by atoms with van der Waals surface area (Å²) in [5.41, 5.74) is 0. The van der Waals surface area contributed by atoms with E-state index < -0.39 is 247 Å². The fourth-order valence-electron chi connectivity index (χ4n) is 11.4. The van der Waals surface area contributed by atoms with Crippen LogP contribution in [0, 0.1) is 17.8 Å². The van der Waals surface area contributed by atoms with Gasteiger partial charge in [0.2, 0.25) is 0 Å². The van der Waals surface area contributed by atoms with Crippen molar-refractivity contribution in [3.63, 3.8) is 0 Å². The summed E-state index contributed by atoms with van der Waals surface area (Å²) >= 11 is 0. The zero-order chi connectivity index (χ0) is 56.8. The van der Waals surface area contributed by atoms with Gasteiger partial charge in [0.25, 0.3) is 0 Å². The second-order valence-electron chi connectivity index (χ2n) is 21.4. The monoisotopic (exact) mass is 1140 g/mol. The van der Waals surface area contributed by atoms with Crippen molar-refractivity contribution in [3.8, 4) is 0 Å². The van der Waals surface area contributed by atoms with Gasteiger partial charge in [-0.25, -0.2) is 0 Å². The fraction of sp³-hybridized carbons (Fsp3) is 1.00. The molecule has 0 spiro atoms. The van der Waals surface area contributed by atoms with Gasteiger partial charge in [-0.1, -0.05) is 27.7 Å². The van der Waals surface area contributed by atoms with Crippen molar-refractivity contribution in [2.75, 3.05) is 46.6 Å². The zero-order valence-corrected chi connectivity index (χ0v) is 43.5. The first-order valence-corrected chi connectivity index (χ1v) is 26.5. The quantitative estimate of drug-likeness (QED) is 0.107. The highest BCUT2D eigenvalue weighted by molar-refractivity contribution is 5.01. The van der Waals surface area contributed by atoms with E-state index in [4.69, 9.17) is 66.3 Å². The molecule has 35 unspecified atom stereocenters. The molecule has 17 N–H and O–H groups in total. The summed E-state index contributed by atoms with van der Waals surface area (Å²) in [4.78, 5) is 0. The van der Waals surface area contributed by atoms with Crippen LogP contribution in [-0.2, 0) is 66.3 Å². The van der Waals surface area contributed by atoms with Crippen LogP contribution in [0.3, 0.4) is 0 Å². The van der Waals surface area contributed by atoms with Crippen LogP contribution < -0.4 is 5.32 Å². The van der Waals surface area contributed by atoms with Crippen LogP contribution in [-0.4, -0.2) is 325 Å². The maximum Gasteiger partial charge on any atom is 0.187 e. The van der Waals surface area contributed by atoms with Gasteiger partial charge in [0.05, 0.1) is 57.5 Å². The topological polar surface area (TPSA) is 465 Å². The predicted molar refractivity (Wildman–Crippen MR) is 248 cm³/mol. The molecule has 31 nitrogen and oxygen atoms in total. The summed E-state index contributed by atoms with van der Waals surface area (Å²) in [6.45, 7) is 1.69. The van der Waals surface area contributed by atoms with Gasteiger partial charge in [-0.05, 0) is 13.5 Å². The molecule has 21 rings (SSSR count). The van der Waals surface area contributed by atoms with Crippen molar-refractivity contribution in [2.45, 2.75) is 231 Å². The SMILES string of the molecule is CCC1OC2OC3C(CO)OC(OC4C(CO)OC(OC5C(CNC)OC(OC6C(CO)OC(OC7C(CO)OC(OC8C(CO)OC(OC1C(O)C2O)C(O)C8O)C(C)C7O)C(O)C6O)C(O)C5O)C(C)C4O)C(C)C3O. The van der Waals surface area contributed by atoms with Crippen molar-refractivity contribution in [3.05, 3.63) is 0 Å². The maximum absolute atomic E-state index is 11.8. The standard InChI is InChI=1S/C47H81NO30/c1-6-16-34-26(57)30(61)44(65-16)76-37-19(9-50)68-42(14(3)24(37)55)73-36-18(8-49)67-41(13(2)23(36)54)72-35-17(7-48-5)66-45(31(62)27(35)58)78-40-22(12-53)71-47(33(64)29(40)60)77-38-20(10-51)69-43(15(4)25(38)56)74-39-21(11-52)70-46(75-34)32(63)28(39)59/h13-64H,6-12H2,1-5H3. The average molecular weight is 1140 g/mol. The molecule has 14 bridgehead atoms. The van der Waals surface area contributed by atoms with Crippen LogP contribution in [0.15, 0.2) is 0 Å². The highest BCUT2D eigenvalue weighted by Crippen LogP contribution is 2.41. The molecule has 0 amide bonds. The Hall–Kier alpha value is -1.24. The Bertz CT molecular complexity index is 1840. The molecule has 35 atom stereocenters. The Kier molecular flexibility index (Phi) is 21.6. The second-order valence-corrected chi connectivity index (χ2v) is 21.4. The number of nitrogens with one attached hydrogen (secondary N) is 1. The highest BCUT2D eigenvalue weighted by Gasteiger charge is 2.59. The minimum Gasteiger partial charge on any atom is -0.394 e. The van der Waals surface area contributed by atoms with Crippen molar-refractivity contribution in [1.29, 1.82) is 0 Å². The van der Waals surface area contributed by atoms with Crippen molar-refractivity contribution in [2.24, 2.45) is 17.8 Å². The lowest BCUT2D eigenvalue weighted by Gasteiger charge is -2.50. The molecule has 0 aromatic heterocycles. The lowest BCUT2D eigenvalue weighted by atomic mass is 9.89. The smallest absolute Gasteiger partial charge is 0.187 e. The number of rotatable bonds is 8. The van der Waals surface area contributed by atoms with Crippen LogP contribution in [0.5, 0.6) is 0 Å². The summed E-state index contributed by atoms with van der Waals surface area (Å²) in [5, 5.41) is 183. The third-order valence-electron chi connectivity index (χ3n) is 16.2. The lowest BCUT2D eigenvalue weighted by molar-refractivity contribution is -0.392. The van der Waals surface area contributed by atoms with Gasteiger partial charge in [-0.15, -0.1) is 0 Å². The van der Waals surface area contributed by atoms with E-state index in [-0.39, 0.29) is 13.0 Å². The van der Waals surface area contributed by atoms with Crippen LogP contribution in [0.4, 0.5) is 0 Å². The number of aliphatic hydroxyl groups excluding tert-OH is 16. The number of hydrogen-bond donors (Lipinski definition) is 17. The number of hydrogen-bond acceptors (Lipinski definition) is 31. The van der Waals surface area contributed by atoms with Crippen LogP contribution in [0.1, 0.15) is 34.1 Å². The summed E-state index contributed by atoms with van der Waals surface area (Å²) in [6.07, 6.45) is -52.3. The third kappa shape index (κ3) is 12.3. The largest absolute Gasteiger partial charge is 0.394 e. The van der Waals surface area contributed by atoms with Crippen molar-refractivity contribution in [1.82, 2.24) is 5.32 Å². The molecule has 0 aromatic rings. The first-order chi connectivity index (χ1) is 37.2. The van der Waals surface area contributed by atoms with E-state index in [1.54, 1.807) is 6.92 Å². The second kappa shape index (κ2) is 26.8. The molecular weight excluding hydrogens is 1060 g/mol. The summed E-state index contributed by atoms with van der Waals surface area (Å²) < 4.78 is 84.4. The van der Waals surface area contributed by atoms with Crippen LogP contribution >= 0.6 is 0 Å². The number of aliphatic hydroxyl groups is 16. The first kappa shape index (κ1) is 62.8. The minimum atomic E-state index is -2.03. The Labute approximate surface area is 447 Å². The average Bonchev–Trinajstić information content (AvgIpc) is 3.43. The predicted octanol–water partition coefficient (Wildman–Crippen LogP) is -9.76. The van der Waals surface area contributed by atoms with Crippen LogP contribution in [0.2, 0.25) is 0 Å². The molecular formula is C47H81NO30. The Balaban J connectivity index is 1.08. The molecule has 21 saturated heterocycles. The van der Waals surface area contributed by atoms with Gasteiger partial charge in [0, 0.05) is 24.3 Å². The minimum absolute atomic E-state index is 0.0593. The van der Waals surface area contributed by atoms with Gasteiger partial charge in [-0.3, -0.25) is 0 Å². The van der Waals surface area contributed by atoms with Crippen LogP contribution in [0.25, 0.3) is 0 Å². The summed E-state index contributed by atoms with van der Waals surface area (Å²) in [6, 6.07) is 0. The summed E-state index contributed by atoms with van der Waals surface area (Å²) in [5.74, 6) is -3.21. The molecule has 0 saturated carbocycles. The van der Waals surface area contributed by atoms with E-state index in [0.29, 0.717) is 0 Å². The molecule has 21 heterocycles. The first-order valence-electron chi connectivity index (χ1n) is 26.5. The number of ether oxygens (including phenoxy) is 14. The normalized spacial score (nSPS) is 54.8. The van der Waals surface area contributed by atoms with Gasteiger partial charge in [0.1, 0.15) is 128 Å². The molecule has 21 fully saturated rings. The van der Waals surface area contributed by atoms with E-state index in [2.05, 4.69) is 5.32 Å². The van der Waals surface area contributed by atoms with E-state index in [0.717, 1.165) is 0 Å². The van der Waals surface area contributed by atoms with Gasteiger partial charge in [-0.2, -0.15) is 0 Å². The zero-order valence-electron chi connectivity index (χ0n) is 43.5. The molecule has 0 aromatic carbocycles. The Morgan fingerprint density at radius 2 is 0.474 bits per heavy atom. The van der Waals surface area contributed by atoms with Gasteiger partial charge >= 0.3 is 0 Å². The van der Waals surface area contributed by atoms with Crippen molar-refractivity contribution < 1.29 is 148 Å².